The zero-order chi connectivity index (χ0) is 16.0. The Labute approximate surface area is 159 Å². The second-order valence-electron chi connectivity index (χ2n) is 5.76. The third-order valence-corrected chi connectivity index (χ3v) is 3.94. The molecule has 1 N–H and O–H groups in total. The van der Waals surface area contributed by atoms with Crippen molar-refractivity contribution in [3.05, 3.63) is 35.1 Å². The van der Waals surface area contributed by atoms with Crippen molar-refractivity contribution in [2.24, 2.45) is 0 Å². The van der Waals surface area contributed by atoms with E-state index in [0.29, 0.717) is 12.2 Å². The number of imide groups is 1. The van der Waals surface area contributed by atoms with Crippen LogP contribution in [0.4, 0.5) is 4.79 Å². The van der Waals surface area contributed by atoms with Crippen LogP contribution in [0.1, 0.15) is 51.5 Å². The molecule has 1 saturated heterocycles. The fraction of sp³-hybridized carbons (Fsp3) is 0.529. The molecule has 6 heteroatoms. The van der Waals surface area contributed by atoms with Gasteiger partial charge in [0.2, 0.25) is 0 Å². The van der Waals surface area contributed by atoms with Gasteiger partial charge in [-0.25, -0.2) is 0 Å². The van der Waals surface area contributed by atoms with E-state index < -0.39 is 17.5 Å². The van der Waals surface area contributed by atoms with E-state index in [1.165, 1.54) is 25.7 Å². The molecule has 1 atom stereocenters. The van der Waals surface area contributed by atoms with Gasteiger partial charge in [0.25, 0.3) is 0 Å². The van der Waals surface area contributed by atoms with E-state index in [-0.39, 0.29) is 29.6 Å². The molecule has 1 unspecified atom stereocenters. The molecule has 120 valence electrons. The number of urea groups is 1. The zero-order valence-corrected chi connectivity index (χ0v) is 16.2. The second kappa shape index (κ2) is 9.30. The Morgan fingerprint density at radius 1 is 1.09 bits per heavy atom. The van der Waals surface area contributed by atoms with Crippen LogP contribution in [0.25, 0.3) is 5.32 Å². The maximum atomic E-state index is 11.8. The SMILES string of the molecule is CCCCCCCOc1ccc(C2(C)NC(=O)[N-]C2=O)cc1.[Na+]. The molecule has 0 aromatic heterocycles. The largest absolute Gasteiger partial charge is 1.00 e. The summed E-state index contributed by atoms with van der Waals surface area (Å²) in [5.41, 5.74) is -0.349. The Balaban J connectivity index is 0.00000264. The predicted octanol–water partition coefficient (Wildman–Crippen LogP) is 0.878. The van der Waals surface area contributed by atoms with Gasteiger partial charge in [-0.2, -0.15) is 0 Å². The molecular formula is C17H23N2NaO3. The molecule has 0 saturated carbocycles. The number of carbonyl (C=O) groups excluding carboxylic acids is 2. The first-order valence-electron chi connectivity index (χ1n) is 7.88. The minimum absolute atomic E-state index is 0. The summed E-state index contributed by atoms with van der Waals surface area (Å²) >= 11 is 0. The van der Waals surface area contributed by atoms with E-state index in [2.05, 4.69) is 17.6 Å². The molecule has 0 radical (unpaired) electrons. The number of hydrogen-bond acceptors (Lipinski definition) is 3. The average Bonchev–Trinajstić information content (AvgIpc) is 2.77. The van der Waals surface area contributed by atoms with Crippen molar-refractivity contribution in [2.75, 3.05) is 6.61 Å². The Morgan fingerprint density at radius 3 is 2.30 bits per heavy atom. The topological polar surface area (TPSA) is 69.5 Å². The Hall–Kier alpha value is -1.04. The van der Waals surface area contributed by atoms with E-state index in [1.54, 1.807) is 19.1 Å². The first-order chi connectivity index (χ1) is 10.6. The van der Waals surface area contributed by atoms with Gasteiger partial charge in [0.05, 0.1) is 12.1 Å². The van der Waals surface area contributed by atoms with E-state index >= 15 is 0 Å². The number of unbranched alkanes of at least 4 members (excludes halogenated alkanes) is 4. The molecule has 1 aromatic carbocycles. The summed E-state index contributed by atoms with van der Waals surface area (Å²) in [6.45, 7) is 4.56. The van der Waals surface area contributed by atoms with E-state index in [9.17, 15) is 9.59 Å². The van der Waals surface area contributed by atoms with Gasteiger partial charge < -0.3 is 15.4 Å². The van der Waals surface area contributed by atoms with Gasteiger partial charge in [-0.3, -0.25) is 9.59 Å². The normalized spacial score (nSPS) is 19.7. The van der Waals surface area contributed by atoms with Gasteiger partial charge in [0.15, 0.2) is 11.9 Å². The van der Waals surface area contributed by atoms with Crippen LogP contribution in [-0.2, 0) is 10.3 Å². The van der Waals surface area contributed by atoms with Crippen LogP contribution < -0.4 is 39.6 Å². The molecule has 23 heavy (non-hydrogen) atoms. The van der Waals surface area contributed by atoms with Crippen LogP contribution in [0.3, 0.4) is 0 Å². The number of ether oxygens (including phenoxy) is 1. The van der Waals surface area contributed by atoms with Gasteiger partial charge in [-0.05, 0) is 31.0 Å². The summed E-state index contributed by atoms with van der Waals surface area (Å²) in [4.78, 5) is 23.0. The molecule has 1 aliphatic heterocycles. The first kappa shape index (κ1) is 20.0. The molecule has 2 rings (SSSR count). The van der Waals surface area contributed by atoms with Gasteiger partial charge in [0.1, 0.15) is 5.75 Å². The van der Waals surface area contributed by atoms with Crippen molar-refractivity contribution in [3.63, 3.8) is 0 Å². The minimum Gasteiger partial charge on any atom is -0.494 e. The van der Waals surface area contributed by atoms with Crippen LogP contribution in [-0.4, -0.2) is 18.5 Å². The second-order valence-corrected chi connectivity index (χ2v) is 5.76. The molecule has 0 bridgehead atoms. The monoisotopic (exact) mass is 326 g/mol. The summed E-state index contributed by atoms with van der Waals surface area (Å²) in [5, 5.41) is 6.00. The van der Waals surface area contributed by atoms with Crippen LogP contribution in [0, 0.1) is 0 Å². The zero-order valence-electron chi connectivity index (χ0n) is 14.2. The predicted molar refractivity (Wildman–Crippen MR) is 84.9 cm³/mol. The van der Waals surface area contributed by atoms with Gasteiger partial charge in [0, 0.05) is 0 Å². The summed E-state index contributed by atoms with van der Waals surface area (Å²) in [6.07, 6.45) is 6.00. The number of amides is 3. The van der Waals surface area contributed by atoms with Crippen molar-refractivity contribution < 1.29 is 43.9 Å². The number of hydrogen-bond donors (Lipinski definition) is 1. The quantitative estimate of drug-likeness (QED) is 0.438. The first-order valence-corrected chi connectivity index (χ1v) is 7.88. The van der Waals surface area contributed by atoms with Crippen molar-refractivity contribution in [1.29, 1.82) is 0 Å². The minimum atomic E-state index is -1.06. The Kier molecular flexibility index (Phi) is 8.09. The van der Waals surface area contributed by atoms with Gasteiger partial charge in [-0.1, -0.05) is 44.7 Å². The van der Waals surface area contributed by atoms with Gasteiger partial charge >= 0.3 is 29.6 Å². The molecule has 0 spiro atoms. The van der Waals surface area contributed by atoms with E-state index in [0.717, 1.165) is 12.2 Å². The van der Waals surface area contributed by atoms with Crippen molar-refractivity contribution >= 4 is 11.9 Å². The average molecular weight is 326 g/mol. The molecule has 1 fully saturated rings. The number of rotatable bonds is 8. The summed E-state index contributed by atoms with van der Waals surface area (Å²) in [5.74, 6) is 0.318. The standard InChI is InChI=1S/C17H24N2O3.Na/c1-3-4-5-6-7-12-22-14-10-8-13(9-11-14)17(2)15(20)18-16(21)19-17;/h8-11H,3-7,12H2,1-2H3,(H2,18,19,20,21);/q;+1/p-1. The fourth-order valence-corrected chi connectivity index (χ4v) is 2.48. The van der Waals surface area contributed by atoms with Gasteiger partial charge in [-0.15, -0.1) is 0 Å². The molecule has 1 aromatic rings. The van der Waals surface area contributed by atoms with Crippen LogP contribution >= 0.6 is 0 Å². The third kappa shape index (κ3) is 5.23. The number of nitrogens with one attached hydrogen (secondary N) is 1. The molecule has 3 amide bonds. The summed E-state index contributed by atoms with van der Waals surface area (Å²) in [7, 11) is 0. The van der Waals surface area contributed by atoms with Crippen LogP contribution in [0.2, 0.25) is 0 Å². The van der Waals surface area contributed by atoms with E-state index in [1.807, 2.05) is 12.1 Å². The van der Waals surface area contributed by atoms with E-state index in [4.69, 9.17) is 4.74 Å². The third-order valence-electron chi connectivity index (χ3n) is 3.94. The Bertz CT molecular complexity index is 533. The number of carbonyl (C=O) groups is 2. The number of nitrogens with zero attached hydrogens (tertiary/aromatic N) is 1. The summed E-state index contributed by atoms with van der Waals surface area (Å²) in [6, 6.07) is 6.66. The molecule has 1 aliphatic rings. The maximum Gasteiger partial charge on any atom is 1.00 e. The fourth-order valence-electron chi connectivity index (χ4n) is 2.48. The smallest absolute Gasteiger partial charge is 0.494 e. The van der Waals surface area contributed by atoms with Crippen LogP contribution in [0.5, 0.6) is 5.75 Å². The van der Waals surface area contributed by atoms with Crippen molar-refractivity contribution in [1.82, 2.24) is 5.32 Å². The molecular weight excluding hydrogens is 303 g/mol. The summed E-state index contributed by atoms with van der Waals surface area (Å²) < 4.78 is 5.69. The number of benzene rings is 1. The maximum absolute atomic E-state index is 11.8. The Morgan fingerprint density at radius 2 is 1.74 bits per heavy atom. The molecule has 0 aliphatic carbocycles. The van der Waals surface area contributed by atoms with Crippen LogP contribution in [0.15, 0.2) is 24.3 Å². The van der Waals surface area contributed by atoms with Crippen molar-refractivity contribution in [3.8, 4) is 5.75 Å². The molecule has 1 heterocycles. The molecule has 5 nitrogen and oxygen atoms in total. The van der Waals surface area contributed by atoms with Crippen molar-refractivity contribution in [2.45, 2.75) is 51.5 Å².